The summed E-state index contributed by atoms with van der Waals surface area (Å²) in [6.45, 7) is 0. The van der Waals surface area contributed by atoms with Crippen LogP contribution >= 0.6 is 35.0 Å². The van der Waals surface area contributed by atoms with Crippen molar-refractivity contribution < 1.29 is 9.72 Å². The number of hydrogen-bond acceptors (Lipinski definition) is 7. The topological polar surface area (TPSA) is 110 Å². The van der Waals surface area contributed by atoms with Crippen molar-refractivity contribution in [2.45, 2.75) is 9.92 Å². The number of halogens is 2. The number of hydrazine groups is 1. The molecule has 0 saturated carbocycles. The van der Waals surface area contributed by atoms with E-state index in [2.05, 4.69) is 20.8 Å². The van der Waals surface area contributed by atoms with Crippen LogP contribution in [-0.2, 0) is 0 Å². The number of hydrogen-bond donors (Lipinski definition) is 2. The molecular weight excluding hydrogens is 425 g/mol. The Bertz CT molecular complexity index is 1040. The van der Waals surface area contributed by atoms with E-state index in [1.54, 1.807) is 12.1 Å². The van der Waals surface area contributed by atoms with E-state index in [0.717, 1.165) is 16.7 Å². The van der Waals surface area contributed by atoms with Gasteiger partial charge < -0.3 is 0 Å². The molecule has 3 aromatic rings. The number of nitro groups is 1. The van der Waals surface area contributed by atoms with E-state index in [0.29, 0.717) is 5.02 Å². The Labute approximate surface area is 173 Å². The summed E-state index contributed by atoms with van der Waals surface area (Å²) in [5.41, 5.74) is 4.59. The van der Waals surface area contributed by atoms with E-state index < -0.39 is 10.8 Å². The Morgan fingerprint density at radius 2 is 1.86 bits per heavy atom. The second kappa shape index (κ2) is 8.87. The third kappa shape index (κ3) is 4.69. The third-order valence-electron chi connectivity index (χ3n) is 3.40. The van der Waals surface area contributed by atoms with E-state index in [4.69, 9.17) is 23.2 Å². The van der Waals surface area contributed by atoms with E-state index >= 15 is 0 Å². The molecule has 0 bridgehead atoms. The first-order chi connectivity index (χ1) is 13.5. The van der Waals surface area contributed by atoms with Gasteiger partial charge in [-0.05, 0) is 30.3 Å². The Morgan fingerprint density at radius 1 is 1.11 bits per heavy atom. The van der Waals surface area contributed by atoms with Crippen LogP contribution in [0.4, 0.5) is 11.5 Å². The van der Waals surface area contributed by atoms with Crippen molar-refractivity contribution in [3.8, 4) is 0 Å². The molecule has 8 nitrogen and oxygen atoms in total. The zero-order valence-corrected chi connectivity index (χ0v) is 16.3. The van der Waals surface area contributed by atoms with Gasteiger partial charge in [0.1, 0.15) is 6.33 Å². The predicted molar refractivity (Wildman–Crippen MR) is 107 cm³/mol. The third-order valence-corrected chi connectivity index (χ3v) is 4.95. The van der Waals surface area contributed by atoms with Crippen molar-refractivity contribution in [1.29, 1.82) is 0 Å². The van der Waals surface area contributed by atoms with Crippen molar-refractivity contribution in [2.24, 2.45) is 0 Å². The molecule has 0 atom stereocenters. The monoisotopic (exact) mass is 435 g/mol. The minimum absolute atomic E-state index is 0.132. The molecule has 0 unspecified atom stereocenters. The summed E-state index contributed by atoms with van der Waals surface area (Å²) >= 11 is 12.9. The summed E-state index contributed by atoms with van der Waals surface area (Å²) in [6.07, 6.45) is 1.17. The van der Waals surface area contributed by atoms with E-state index in [1.807, 2.05) is 18.2 Å². The van der Waals surface area contributed by atoms with E-state index in [-0.39, 0.29) is 27.1 Å². The standard InChI is InChI=1S/C17H11Cl2N5O3S/c18-10-6-7-12(13(19)8-10)16(25)23-22-15-14(24(26)27)17(21-9-20-15)28-11-4-2-1-3-5-11/h1-9H,(H,23,25)(H,20,21,22). The molecule has 0 aliphatic rings. The highest BCUT2D eigenvalue weighted by molar-refractivity contribution is 7.99. The van der Waals surface area contributed by atoms with Gasteiger partial charge >= 0.3 is 5.69 Å². The molecule has 2 N–H and O–H groups in total. The van der Waals surface area contributed by atoms with Crippen molar-refractivity contribution in [2.75, 3.05) is 5.43 Å². The van der Waals surface area contributed by atoms with Gasteiger partial charge in [0, 0.05) is 9.92 Å². The van der Waals surface area contributed by atoms with E-state index in [1.165, 1.54) is 24.5 Å². The molecule has 0 aliphatic carbocycles. The van der Waals surface area contributed by atoms with Crippen LogP contribution in [0.1, 0.15) is 10.4 Å². The number of anilines is 1. The number of amides is 1. The average Bonchev–Trinajstić information content (AvgIpc) is 2.66. The van der Waals surface area contributed by atoms with Gasteiger partial charge in [0.05, 0.1) is 15.5 Å². The Kier molecular flexibility index (Phi) is 6.30. The zero-order chi connectivity index (χ0) is 20.1. The first-order valence-electron chi connectivity index (χ1n) is 7.69. The molecule has 1 amide bonds. The lowest BCUT2D eigenvalue weighted by molar-refractivity contribution is -0.387. The summed E-state index contributed by atoms with van der Waals surface area (Å²) in [7, 11) is 0. The van der Waals surface area contributed by atoms with Crippen LogP contribution in [0.15, 0.2) is 64.8 Å². The number of nitrogens with one attached hydrogen (secondary N) is 2. The van der Waals surface area contributed by atoms with Gasteiger partial charge in [0.15, 0.2) is 5.03 Å². The number of rotatable bonds is 6. The van der Waals surface area contributed by atoms with Gasteiger partial charge in [-0.1, -0.05) is 53.2 Å². The molecule has 0 aliphatic heterocycles. The maximum Gasteiger partial charge on any atom is 0.345 e. The maximum atomic E-state index is 12.3. The summed E-state index contributed by atoms with van der Waals surface area (Å²) in [6, 6.07) is 13.4. The SMILES string of the molecule is O=C(NNc1ncnc(Sc2ccccc2)c1[N+](=O)[O-])c1ccc(Cl)cc1Cl. The molecule has 1 heterocycles. The number of carbonyl (C=O) groups excluding carboxylic acids is 1. The molecule has 0 saturated heterocycles. The highest BCUT2D eigenvalue weighted by Crippen LogP contribution is 2.36. The van der Waals surface area contributed by atoms with Gasteiger partial charge in [-0.2, -0.15) is 0 Å². The lowest BCUT2D eigenvalue weighted by Crippen LogP contribution is -2.30. The predicted octanol–water partition coefficient (Wildman–Crippen LogP) is 4.60. The highest BCUT2D eigenvalue weighted by atomic mass is 35.5. The molecule has 142 valence electrons. The molecule has 0 fully saturated rings. The van der Waals surface area contributed by atoms with E-state index in [9.17, 15) is 14.9 Å². The molecule has 3 rings (SSSR count). The summed E-state index contributed by atoms with van der Waals surface area (Å²) in [5, 5.41) is 12.2. The minimum atomic E-state index is -0.616. The van der Waals surface area contributed by atoms with Gasteiger partial charge in [-0.15, -0.1) is 0 Å². The van der Waals surface area contributed by atoms with Crippen LogP contribution in [0, 0.1) is 10.1 Å². The average molecular weight is 436 g/mol. The Hall–Kier alpha value is -2.88. The first-order valence-corrected chi connectivity index (χ1v) is 9.26. The summed E-state index contributed by atoms with van der Waals surface area (Å²) in [5.74, 6) is -0.760. The van der Waals surface area contributed by atoms with Gasteiger partial charge in [-0.25, -0.2) is 9.97 Å². The van der Waals surface area contributed by atoms with Crippen molar-refractivity contribution in [1.82, 2.24) is 15.4 Å². The van der Waals surface area contributed by atoms with Crippen molar-refractivity contribution in [3.05, 3.63) is 80.6 Å². The van der Waals surface area contributed by atoms with Crippen LogP contribution < -0.4 is 10.9 Å². The van der Waals surface area contributed by atoms with Crippen LogP contribution in [0.25, 0.3) is 0 Å². The van der Waals surface area contributed by atoms with Crippen LogP contribution in [0.5, 0.6) is 0 Å². The zero-order valence-electron chi connectivity index (χ0n) is 13.9. The molecule has 1 aromatic heterocycles. The fourth-order valence-corrected chi connectivity index (χ4v) is 3.53. The highest BCUT2D eigenvalue weighted by Gasteiger charge is 2.24. The molecule has 28 heavy (non-hydrogen) atoms. The van der Waals surface area contributed by atoms with Crippen molar-refractivity contribution in [3.63, 3.8) is 0 Å². The lowest BCUT2D eigenvalue weighted by atomic mass is 10.2. The van der Waals surface area contributed by atoms with Gasteiger partial charge in [-0.3, -0.25) is 25.8 Å². The summed E-state index contributed by atoms with van der Waals surface area (Å²) < 4.78 is 0. The lowest BCUT2D eigenvalue weighted by Gasteiger charge is -2.10. The second-order valence-electron chi connectivity index (χ2n) is 5.25. The van der Waals surface area contributed by atoms with Crippen LogP contribution in [0.2, 0.25) is 10.0 Å². The van der Waals surface area contributed by atoms with Crippen LogP contribution in [0.3, 0.4) is 0 Å². The molecular formula is C17H11Cl2N5O3S. The van der Waals surface area contributed by atoms with Crippen LogP contribution in [-0.4, -0.2) is 20.8 Å². The maximum absolute atomic E-state index is 12.3. The van der Waals surface area contributed by atoms with Crippen molar-refractivity contribution >= 4 is 52.4 Å². The Balaban J connectivity index is 1.82. The molecule has 0 radical (unpaired) electrons. The number of nitrogens with zero attached hydrogens (tertiary/aromatic N) is 3. The van der Waals surface area contributed by atoms with Gasteiger partial charge in [0.2, 0.25) is 5.82 Å². The number of benzene rings is 2. The quantitative estimate of drug-likeness (QED) is 0.330. The second-order valence-corrected chi connectivity index (χ2v) is 7.16. The molecule has 2 aromatic carbocycles. The fourth-order valence-electron chi connectivity index (χ4n) is 2.15. The van der Waals surface area contributed by atoms with Gasteiger partial charge in [0.25, 0.3) is 5.91 Å². The first kappa shape index (κ1) is 19.9. The smallest absolute Gasteiger partial charge is 0.276 e. The largest absolute Gasteiger partial charge is 0.345 e. The Morgan fingerprint density at radius 3 is 2.54 bits per heavy atom. The number of carbonyl (C=O) groups is 1. The fraction of sp³-hybridized carbons (Fsp3) is 0. The molecule has 11 heteroatoms. The molecule has 0 spiro atoms. The normalized spacial score (nSPS) is 10.4. The minimum Gasteiger partial charge on any atom is -0.276 e. The number of aromatic nitrogens is 2. The summed E-state index contributed by atoms with van der Waals surface area (Å²) in [4.78, 5) is 31.8.